The van der Waals surface area contributed by atoms with Gasteiger partial charge in [0.25, 0.3) is 10.0 Å². The number of sulfonamides is 1. The first-order chi connectivity index (χ1) is 10.3. The summed E-state index contributed by atoms with van der Waals surface area (Å²) in [5.41, 5.74) is 3.29. The van der Waals surface area contributed by atoms with Gasteiger partial charge in [0.2, 0.25) is 0 Å². The third-order valence-corrected chi connectivity index (χ3v) is 5.92. The molecule has 0 radical (unpaired) electrons. The summed E-state index contributed by atoms with van der Waals surface area (Å²) in [5.74, 6) is 0.262. The first kappa shape index (κ1) is 15.0. The number of benzene rings is 1. The van der Waals surface area contributed by atoms with E-state index in [1.807, 2.05) is 26.0 Å². The molecule has 116 valence electrons. The van der Waals surface area contributed by atoms with Crippen molar-refractivity contribution in [2.45, 2.75) is 32.6 Å². The van der Waals surface area contributed by atoms with Crippen molar-refractivity contribution in [1.29, 1.82) is 0 Å². The summed E-state index contributed by atoms with van der Waals surface area (Å²) in [7, 11) is -3.76. The fourth-order valence-corrected chi connectivity index (χ4v) is 5.05. The number of aryl methyl sites for hydroxylation is 4. The van der Waals surface area contributed by atoms with Gasteiger partial charge in [-0.15, -0.1) is 0 Å². The fourth-order valence-electron chi connectivity index (χ4n) is 2.44. The SMILES string of the molecule is Cc1cc(C)c2nc(NS(=O)(=O)c3c(C)noc3C)sc2c1. The van der Waals surface area contributed by atoms with Crippen molar-refractivity contribution in [2.24, 2.45) is 0 Å². The van der Waals surface area contributed by atoms with Crippen molar-refractivity contribution < 1.29 is 12.9 Å². The molecule has 0 saturated heterocycles. The Morgan fingerprint density at radius 2 is 1.91 bits per heavy atom. The van der Waals surface area contributed by atoms with Gasteiger partial charge in [-0.05, 0) is 44.9 Å². The molecule has 2 aromatic heterocycles. The number of thiazole rings is 1. The summed E-state index contributed by atoms with van der Waals surface area (Å²) in [6, 6.07) is 4.02. The molecule has 0 atom stereocenters. The molecule has 0 aliphatic heterocycles. The molecule has 0 bridgehead atoms. The van der Waals surface area contributed by atoms with Crippen LogP contribution >= 0.6 is 11.3 Å². The van der Waals surface area contributed by atoms with Crippen LogP contribution in [0.1, 0.15) is 22.6 Å². The van der Waals surface area contributed by atoms with Gasteiger partial charge in [-0.25, -0.2) is 13.4 Å². The molecule has 0 fully saturated rings. The van der Waals surface area contributed by atoms with Gasteiger partial charge in [-0.2, -0.15) is 0 Å². The number of nitrogens with one attached hydrogen (secondary N) is 1. The molecule has 1 aromatic carbocycles. The van der Waals surface area contributed by atoms with E-state index in [0.29, 0.717) is 10.8 Å². The van der Waals surface area contributed by atoms with E-state index in [9.17, 15) is 8.42 Å². The van der Waals surface area contributed by atoms with E-state index in [1.165, 1.54) is 11.3 Å². The van der Waals surface area contributed by atoms with Gasteiger partial charge in [-0.1, -0.05) is 22.6 Å². The molecule has 0 saturated carbocycles. The second kappa shape index (κ2) is 5.06. The summed E-state index contributed by atoms with van der Waals surface area (Å²) in [6.45, 7) is 7.12. The van der Waals surface area contributed by atoms with Crippen LogP contribution < -0.4 is 4.72 Å². The molecule has 8 heteroatoms. The van der Waals surface area contributed by atoms with Gasteiger partial charge < -0.3 is 4.52 Å². The topological polar surface area (TPSA) is 85.1 Å². The predicted octanol–water partition coefficient (Wildman–Crippen LogP) is 3.32. The highest BCUT2D eigenvalue weighted by Crippen LogP contribution is 2.31. The first-order valence-corrected chi connectivity index (χ1v) is 8.91. The second-order valence-corrected chi connectivity index (χ2v) is 7.86. The Labute approximate surface area is 132 Å². The maximum Gasteiger partial charge on any atom is 0.269 e. The minimum Gasteiger partial charge on any atom is -0.360 e. The van der Waals surface area contributed by atoms with E-state index in [4.69, 9.17) is 4.52 Å². The number of hydrogen-bond acceptors (Lipinski definition) is 6. The van der Waals surface area contributed by atoms with Crippen LogP contribution in [0.25, 0.3) is 10.2 Å². The van der Waals surface area contributed by atoms with E-state index < -0.39 is 10.0 Å². The van der Waals surface area contributed by atoms with Crippen molar-refractivity contribution in [2.75, 3.05) is 4.72 Å². The Morgan fingerprint density at radius 1 is 1.18 bits per heavy atom. The van der Waals surface area contributed by atoms with Crippen LogP contribution in [-0.4, -0.2) is 18.6 Å². The van der Waals surface area contributed by atoms with Crippen LogP contribution in [-0.2, 0) is 10.0 Å². The van der Waals surface area contributed by atoms with Crippen LogP contribution in [0.15, 0.2) is 21.6 Å². The van der Waals surface area contributed by atoms with Crippen molar-refractivity contribution in [3.05, 3.63) is 34.7 Å². The zero-order valence-corrected chi connectivity index (χ0v) is 14.2. The van der Waals surface area contributed by atoms with E-state index in [0.717, 1.165) is 21.3 Å². The average molecular weight is 337 g/mol. The molecule has 0 aliphatic carbocycles. The van der Waals surface area contributed by atoms with Crippen LogP contribution in [0.3, 0.4) is 0 Å². The number of nitrogens with zero attached hydrogens (tertiary/aromatic N) is 2. The highest BCUT2D eigenvalue weighted by molar-refractivity contribution is 7.93. The number of anilines is 1. The zero-order chi connectivity index (χ0) is 16.1. The quantitative estimate of drug-likeness (QED) is 0.792. The fraction of sp³-hybridized carbons (Fsp3) is 0.286. The lowest BCUT2D eigenvalue weighted by molar-refractivity contribution is 0.390. The molecule has 22 heavy (non-hydrogen) atoms. The van der Waals surface area contributed by atoms with Crippen LogP contribution in [0.2, 0.25) is 0 Å². The summed E-state index contributed by atoms with van der Waals surface area (Å²) in [5, 5.41) is 4.02. The molecule has 3 aromatic rings. The summed E-state index contributed by atoms with van der Waals surface area (Å²) in [6.07, 6.45) is 0. The Balaban J connectivity index is 2.05. The second-order valence-electron chi connectivity index (χ2n) is 5.21. The van der Waals surface area contributed by atoms with Crippen molar-refractivity contribution in [3.8, 4) is 0 Å². The van der Waals surface area contributed by atoms with Crippen molar-refractivity contribution in [3.63, 3.8) is 0 Å². The lowest BCUT2D eigenvalue weighted by atomic mass is 10.1. The zero-order valence-electron chi connectivity index (χ0n) is 12.6. The summed E-state index contributed by atoms with van der Waals surface area (Å²) >= 11 is 1.31. The summed E-state index contributed by atoms with van der Waals surface area (Å²) in [4.78, 5) is 4.45. The molecule has 1 N–H and O–H groups in total. The van der Waals surface area contributed by atoms with E-state index >= 15 is 0 Å². The van der Waals surface area contributed by atoms with Gasteiger partial charge in [0.05, 0.1) is 10.2 Å². The molecule has 3 rings (SSSR count). The third kappa shape index (κ3) is 2.48. The molecule has 0 aliphatic rings. The Hall–Kier alpha value is -1.93. The largest absolute Gasteiger partial charge is 0.360 e. The molecule has 6 nitrogen and oxygen atoms in total. The number of aromatic nitrogens is 2. The maximum atomic E-state index is 12.5. The molecular weight excluding hydrogens is 322 g/mol. The van der Waals surface area contributed by atoms with Crippen LogP contribution in [0, 0.1) is 27.7 Å². The van der Waals surface area contributed by atoms with Gasteiger partial charge in [0.1, 0.15) is 5.69 Å². The molecule has 0 amide bonds. The Morgan fingerprint density at radius 3 is 2.55 bits per heavy atom. The standard InChI is InChI=1S/C14H15N3O3S2/c1-7-5-8(2)12-11(6-7)21-14(15-12)17-22(18,19)13-9(3)16-20-10(13)4/h5-6H,1-4H3,(H,15,17). The minimum atomic E-state index is -3.76. The van der Waals surface area contributed by atoms with Gasteiger partial charge >= 0.3 is 0 Å². The van der Waals surface area contributed by atoms with Crippen molar-refractivity contribution in [1.82, 2.24) is 10.1 Å². The van der Waals surface area contributed by atoms with Crippen LogP contribution in [0.4, 0.5) is 5.13 Å². The average Bonchev–Trinajstić information content (AvgIpc) is 2.92. The van der Waals surface area contributed by atoms with Crippen molar-refractivity contribution >= 4 is 36.7 Å². The first-order valence-electron chi connectivity index (χ1n) is 6.61. The molecule has 0 unspecified atom stereocenters. The van der Waals surface area contributed by atoms with Gasteiger partial charge in [-0.3, -0.25) is 4.72 Å². The number of rotatable bonds is 3. The maximum absolute atomic E-state index is 12.5. The minimum absolute atomic E-state index is 0.0691. The Bertz CT molecular complexity index is 951. The van der Waals surface area contributed by atoms with Crippen LogP contribution in [0.5, 0.6) is 0 Å². The molecular formula is C14H15N3O3S2. The lowest BCUT2D eigenvalue weighted by Gasteiger charge is -2.03. The van der Waals surface area contributed by atoms with E-state index in [-0.39, 0.29) is 10.7 Å². The van der Waals surface area contributed by atoms with E-state index in [1.54, 1.807) is 13.8 Å². The smallest absolute Gasteiger partial charge is 0.269 e. The summed E-state index contributed by atoms with van der Waals surface area (Å²) < 4.78 is 33.4. The lowest BCUT2D eigenvalue weighted by Crippen LogP contribution is -2.14. The number of fused-ring (bicyclic) bond motifs is 1. The highest BCUT2D eigenvalue weighted by Gasteiger charge is 2.25. The predicted molar refractivity (Wildman–Crippen MR) is 85.9 cm³/mol. The molecule has 2 heterocycles. The third-order valence-electron chi connectivity index (χ3n) is 3.29. The Kier molecular flexibility index (Phi) is 3.45. The normalized spacial score (nSPS) is 12.0. The highest BCUT2D eigenvalue weighted by atomic mass is 32.2. The van der Waals surface area contributed by atoms with Gasteiger partial charge in [0, 0.05) is 0 Å². The monoisotopic (exact) mass is 337 g/mol. The number of hydrogen-bond donors (Lipinski definition) is 1. The molecule has 0 spiro atoms. The van der Waals surface area contributed by atoms with Gasteiger partial charge in [0.15, 0.2) is 15.8 Å². The van der Waals surface area contributed by atoms with E-state index in [2.05, 4.69) is 14.9 Å².